The Hall–Kier alpha value is -2.16. The molecular formula is C20H18Br4N4O6. The minimum atomic E-state index is -0.507. The maximum Gasteiger partial charge on any atom is 0.277 e. The molecule has 2 rings (SSSR count). The van der Waals surface area contributed by atoms with Gasteiger partial charge in [0.25, 0.3) is 11.8 Å². The highest BCUT2D eigenvalue weighted by molar-refractivity contribution is 9.11. The van der Waals surface area contributed by atoms with Crippen molar-refractivity contribution in [3.8, 4) is 23.0 Å². The third kappa shape index (κ3) is 8.89. The van der Waals surface area contributed by atoms with Gasteiger partial charge in [0.2, 0.25) is 0 Å². The zero-order valence-electron chi connectivity index (χ0n) is 17.7. The fraction of sp³-hybridized carbons (Fsp3) is 0.200. The molecule has 0 fully saturated rings. The second-order valence-electron chi connectivity index (χ2n) is 6.04. The van der Waals surface area contributed by atoms with E-state index >= 15 is 0 Å². The van der Waals surface area contributed by atoms with Crippen LogP contribution in [0.5, 0.6) is 23.0 Å². The molecule has 2 aromatic carbocycles. The topological polar surface area (TPSA) is 120 Å². The first-order valence-electron chi connectivity index (χ1n) is 9.19. The summed E-state index contributed by atoms with van der Waals surface area (Å²) in [6.07, 6.45) is 2.37. The zero-order valence-corrected chi connectivity index (χ0v) is 24.1. The summed E-state index contributed by atoms with van der Waals surface area (Å²) in [5, 5.41) is 7.36. The minimum absolute atomic E-state index is 0.297. The van der Waals surface area contributed by atoms with Crippen LogP contribution in [0.2, 0.25) is 0 Å². The number of ether oxygens (including phenoxy) is 4. The minimum Gasteiger partial charge on any atom is -0.493 e. The van der Waals surface area contributed by atoms with Crippen LogP contribution < -0.4 is 29.8 Å². The van der Waals surface area contributed by atoms with E-state index in [0.29, 0.717) is 31.9 Å². The van der Waals surface area contributed by atoms with E-state index in [-0.39, 0.29) is 13.2 Å². The van der Waals surface area contributed by atoms with E-state index < -0.39 is 11.8 Å². The van der Waals surface area contributed by atoms with Crippen molar-refractivity contribution < 1.29 is 28.5 Å². The molecule has 0 unspecified atom stereocenters. The second kappa shape index (κ2) is 14.3. The first-order valence-corrected chi connectivity index (χ1v) is 12.4. The van der Waals surface area contributed by atoms with Gasteiger partial charge in [-0.25, -0.2) is 10.9 Å². The maximum absolute atomic E-state index is 11.9. The van der Waals surface area contributed by atoms with Gasteiger partial charge in [-0.1, -0.05) is 31.9 Å². The van der Waals surface area contributed by atoms with Crippen molar-refractivity contribution in [3.63, 3.8) is 0 Å². The van der Waals surface area contributed by atoms with Crippen LogP contribution in [-0.2, 0) is 9.59 Å². The summed E-state index contributed by atoms with van der Waals surface area (Å²) in [7, 11) is 2.98. The molecule has 0 aromatic heterocycles. The molecule has 0 aliphatic rings. The number of hydrogen-bond acceptors (Lipinski definition) is 8. The second-order valence-corrected chi connectivity index (χ2v) is 9.58. The van der Waals surface area contributed by atoms with E-state index in [1.54, 1.807) is 24.3 Å². The number of nitrogens with one attached hydrogen (secondary N) is 2. The summed E-state index contributed by atoms with van der Waals surface area (Å²) in [5.74, 6) is 0.653. The number of hydrazone groups is 2. The molecule has 0 saturated carbocycles. The van der Waals surface area contributed by atoms with Crippen LogP contribution in [0, 0.1) is 0 Å². The number of methoxy groups -OCH3 is 2. The summed E-state index contributed by atoms with van der Waals surface area (Å²) in [6, 6.07) is 6.94. The fourth-order valence-corrected chi connectivity index (χ4v) is 4.88. The molecule has 14 heteroatoms. The fourth-order valence-electron chi connectivity index (χ4n) is 2.28. The molecule has 34 heavy (non-hydrogen) atoms. The normalized spacial score (nSPS) is 10.9. The molecule has 2 aromatic rings. The van der Waals surface area contributed by atoms with Crippen LogP contribution in [0.4, 0.5) is 0 Å². The third-order valence-electron chi connectivity index (χ3n) is 3.68. The Bertz CT molecular complexity index is 1010. The Morgan fingerprint density at radius 3 is 1.50 bits per heavy atom. The van der Waals surface area contributed by atoms with Crippen LogP contribution in [-0.4, -0.2) is 51.7 Å². The molecule has 0 aliphatic heterocycles. The lowest BCUT2D eigenvalue weighted by atomic mass is 10.3. The molecule has 0 atom stereocenters. The van der Waals surface area contributed by atoms with Gasteiger partial charge in [0.1, 0.15) is 0 Å². The van der Waals surface area contributed by atoms with E-state index in [2.05, 4.69) is 84.8 Å². The molecule has 0 saturated heterocycles. The van der Waals surface area contributed by atoms with E-state index in [4.69, 9.17) is 18.9 Å². The number of halogens is 4. The lowest BCUT2D eigenvalue weighted by Crippen LogP contribution is -2.25. The molecule has 0 aliphatic carbocycles. The highest BCUT2D eigenvalue weighted by Crippen LogP contribution is 2.39. The molecule has 2 N–H and O–H groups in total. The summed E-state index contributed by atoms with van der Waals surface area (Å²) in [6.45, 7) is -0.595. The van der Waals surface area contributed by atoms with Gasteiger partial charge in [0, 0.05) is 8.95 Å². The largest absolute Gasteiger partial charge is 0.493 e. The van der Waals surface area contributed by atoms with Crippen molar-refractivity contribution in [1.29, 1.82) is 0 Å². The van der Waals surface area contributed by atoms with Gasteiger partial charge in [0.15, 0.2) is 36.2 Å². The summed E-state index contributed by atoms with van der Waals surface area (Å²) < 4.78 is 24.2. The van der Waals surface area contributed by atoms with Gasteiger partial charge < -0.3 is 18.9 Å². The van der Waals surface area contributed by atoms with E-state index in [1.165, 1.54) is 26.6 Å². The van der Waals surface area contributed by atoms with Gasteiger partial charge in [-0.15, -0.1) is 0 Å². The van der Waals surface area contributed by atoms with E-state index in [0.717, 1.165) is 8.95 Å². The number of carbonyl (C=O) groups is 2. The number of carbonyl (C=O) groups excluding carboxylic acids is 2. The first-order chi connectivity index (χ1) is 16.2. The van der Waals surface area contributed by atoms with Crippen molar-refractivity contribution >= 4 is 88.0 Å². The van der Waals surface area contributed by atoms with Crippen molar-refractivity contribution in [2.75, 3.05) is 27.4 Å². The zero-order chi connectivity index (χ0) is 25.1. The number of hydrogen-bond donors (Lipinski definition) is 2. The van der Waals surface area contributed by atoms with Crippen LogP contribution in [0.25, 0.3) is 0 Å². The molecular weight excluding hydrogens is 712 g/mol. The maximum atomic E-state index is 11.9. The molecule has 0 spiro atoms. The molecule has 0 radical (unpaired) electrons. The standard InChI is InChI=1S/C20H18Br4N4O6/c1-31-15-7-11(21)5-13(23)19(15)33-9-17(29)27-25-3-4-26-28-18(30)10-34-20-14(24)6-12(22)8-16(20)32-2/h3-8H,9-10H2,1-2H3,(H,27,29)(H,28,30)/b25-3-,26-4-. The average Bonchev–Trinajstić information content (AvgIpc) is 2.78. The summed E-state index contributed by atoms with van der Waals surface area (Å²) in [5.41, 5.74) is 4.54. The van der Waals surface area contributed by atoms with Gasteiger partial charge in [-0.3, -0.25) is 9.59 Å². The van der Waals surface area contributed by atoms with Gasteiger partial charge >= 0.3 is 0 Å². The Labute approximate surface area is 228 Å². The predicted octanol–water partition coefficient (Wildman–Crippen LogP) is 4.42. The monoisotopic (exact) mass is 726 g/mol. The Morgan fingerprint density at radius 1 is 0.765 bits per heavy atom. The number of amides is 2. The third-order valence-corrected chi connectivity index (χ3v) is 5.77. The summed E-state index contributed by atoms with van der Waals surface area (Å²) in [4.78, 5) is 23.8. The van der Waals surface area contributed by atoms with Gasteiger partial charge in [0.05, 0.1) is 35.6 Å². The van der Waals surface area contributed by atoms with Crippen LogP contribution >= 0.6 is 63.7 Å². The Kier molecular flexibility index (Phi) is 11.8. The average molecular weight is 730 g/mol. The summed E-state index contributed by atoms with van der Waals surface area (Å²) >= 11 is 13.4. The lowest BCUT2D eigenvalue weighted by Gasteiger charge is -2.12. The Balaban J connectivity index is 1.74. The number of benzene rings is 2. The lowest BCUT2D eigenvalue weighted by molar-refractivity contribution is -0.123. The highest BCUT2D eigenvalue weighted by Gasteiger charge is 2.14. The van der Waals surface area contributed by atoms with E-state index in [1.807, 2.05) is 0 Å². The first kappa shape index (κ1) is 28.1. The molecule has 10 nitrogen and oxygen atoms in total. The molecule has 0 bridgehead atoms. The van der Waals surface area contributed by atoms with Crippen molar-refractivity contribution in [3.05, 3.63) is 42.2 Å². The molecule has 2 amide bonds. The SMILES string of the molecule is COc1cc(Br)cc(Br)c1OCC(=O)N/N=C\C=N/NC(=O)COc1c(Br)cc(Br)cc1OC. The van der Waals surface area contributed by atoms with Crippen molar-refractivity contribution in [1.82, 2.24) is 10.9 Å². The van der Waals surface area contributed by atoms with Gasteiger partial charge in [-0.2, -0.15) is 10.2 Å². The van der Waals surface area contributed by atoms with Crippen molar-refractivity contribution in [2.24, 2.45) is 10.2 Å². The van der Waals surface area contributed by atoms with Crippen molar-refractivity contribution in [2.45, 2.75) is 0 Å². The van der Waals surface area contributed by atoms with E-state index in [9.17, 15) is 9.59 Å². The Morgan fingerprint density at radius 2 is 1.15 bits per heavy atom. The van der Waals surface area contributed by atoms with Crippen LogP contribution in [0.3, 0.4) is 0 Å². The smallest absolute Gasteiger partial charge is 0.277 e. The highest BCUT2D eigenvalue weighted by atomic mass is 79.9. The number of nitrogens with zero attached hydrogens (tertiary/aromatic N) is 2. The molecule has 182 valence electrons. The van der Waals surface area contributed by atoms with Crippen LogP contribution in [0.15, 0.2) is 52.4 Å². The van der Waals surface area contributed by atoms with Gasteiger partial charge in [-0.05, 0) is 56.1 Å². The quantitative estimate of drug-likeness (QED) is 0.261. The predicted molar refractivity (Wildman–Crippen MR) is 141 cm³/mol. The molecule has 0 heterocycles. The number of rotatable bonds is 11. The van der Waals surface area contributed by atoms with Crippen LogP contribution in [0.1, 0.15) is 0 Å².